The highest BCUT2D eigenvalue weighted by atomic mass is 15.3. The van der Waals surface area contributed by atoms with Gasteiger partial charge in [0.2, 0.25) is 0 Å². The Morgan fingerprint density at radius 2 is 1.06 bits per heavy atom. The summed E-state index contributed by atoms with van der Waals surface area (Å²) in [6, 6.07) is 48.8. The van der Waals surface area contributed by atoms with Crippen LogP contribution in [0.4, 0.5) is 5.69 Å². The summed E-state index contributed by atoms with van der Waals surface area (Å²) in [4.78, 5) is 15.0. The highest BCUT2D eigenvalue weighted by molar-refractivity contribution is 6.55. The van der Waals surface area contributed by atoms with Gasteiger partial charge in [-0.1, -0.05) is 127 Å². The smallest absolute Gasteiger partial charge is 0.164 e. The third-order valence-corrected chi connectivity index (χ3v) is 8.20. The second-order valence-electron chi connectivity index (χ2n) is 11.3. The lowest BCUT2D eigenvalue weighted by Crippen LogP contribution is -2.19. The molecule has 6 aromatic carbocycles. The number of allylic oxidation sites excluding steroid dienone is 1. The van der Waals surface area contributed by atoms with Gasteiger partial charge in [-0.3, -0.25) is 10.8 Å². The van der Waals surface area contributed by atoms with Crippen molar-refractivity contribution in [2.75, 3.05) is 5.43 Å². The van der Waals surface area contributed by atoms with E-state index in [0.29, 0.717) is 28.9 Å². The van der Waals surface area contributed by atoms with Crippen LogP contribution in [0.5, 0.6) is 0 Å². The lowest BCUT2D eigenvalue weighted by molar-refractivity contribution is 1.07. The molecular formula is C41H28N6. The minimum atomic E-state index is 0.339. The lowest BCUT2D eigenvalue weighted by Gasteiger charge is -2.18. The van der Waals surface area contributed by atoms with Gasteiger partial charge in [0.1, 0.15) is 5.71 Å². The minimum absolute atomic E-state index is 0.339. The van der Waals surface area contributed by atoms with Crippen molar-refractivity contribution in [3.8, 4) is 45.3 Å². The Labute approximate surface area is 272 Å². The predicted octanol–water partition coefficient (Wildman–Crippen LogP) is 9.56. The largest absolute Gasteiger partial charge is 0.299 e. The highest BCUT2D eigenvalue weighted by Gasteiger charge is 2.21. The van der Waals surface area contributed by atoms with Gasteiger partial charge < -0.3 is 0 Å². The van der Waals surface area contributed by atoms with Crippen molar-refractivity contribution in [2.24, 2.45) is 5.10 Å². The molecule has 0 atom stereocenters. The number of hydrazone groups is 1. The van der Waals surface area contributed by atoms with E-state index in [1.54, 1.807) is 6.08 Å². The number of aromatic nitrogens is 3. The molecule has 7 aromatic rings. The first kappa shape index (κ1) is 28.0. The van der Waals surface area contributed by atoms with Crippen LogP contribution in [0.2, 0.25) is 0 Å². The van der Waals surface area contributed by atoms with Crippen LogP contribution in [0.1, 0.15) is 11.1 Å². The number of nitrogens with zero attached hydrogens (tertiary/aromatic N) is 4. The van der Waals surface area contributed by atoms with Crippen molar-refractivity contribution in [2.45, 2.75) is 0 Å². The number of para-hydroxylation sites is 1. The van der Waals surface area contributed by atoms with Crippen LogP contribution in [0.25, 0.3) is 62.1 Å². The summed E-state index contributed by atoms with van der Waals surface area (Å²) in [5, 5.41) is 15.5. The Morgan fingerprint density at radius 1 is 0.489 bits per heavy atom. The molecule has 0 amide bonds. The van der Waals surface area contributed by atoms with Crippen molar-refractivity contribution in [3.05, 3.63) is 163 Å². The number of fused-ring (bicyclic) bond motifs is 3. The average Bonchev–Trinajstić information content (AvgIpc) is 3.15. The Balaban J connectivity index is 1.28. The van der Waals surface area contributed by atoms with E-state index in [1.807, 2.05) is 103 Å². The van der Waals surface area contributed by atoms with Crippen molar-refractivity contribution in [3.63, 3.8) is 0 Å². The van der Waals surface area contributed by atoms with Gasteiger partial charge >= 0.3 is 0 Å². The van der Waals surface area contributed by atoms with E-state index in [-0.39, 0.29) is 0 Å². The summed E-state index contributed by atoms with van der Waals surface area (Å²) in [5.74, 6) is 1.77. The molecule has 0 unspecified atom stereocenters. The van der Waals surface area contributed by atoms with Crippen LogP contribution < -0.4 is 5.43 Å². The van der Waals surface area contributed by atoms with Crippen LogP contribution in [0.15, 0.2) is 157 Å². The second kappa shape index (κ2) is 12.1. The minimum Gasteiger partial charge on any atom is -0.299 e. The van der Waals surface area contributed by atoms with Gasteiger partial charge in [-0.15, -0.1) is 0 Å². The summed E-state index contributed by atoms with van der Waals surface area (Å²) >= 11 is 0. The molecule has 0 saturated heterocycles. The van der Waals surface area contributed by atoms with Crippen LogP contribution in [0.3, 0.4) is 0 Å². The summed E-state index contributed by atoms with van der Waals surface area (Å²) in [6.45, 7) is 0. The van der Waals surface area contributed by atoms with Crippen LogP contribution in [-0.2, 0) is 0 Å². The van der Waals surface area contributed by atoms with E-state index in [4.69, 9.17) is 25.5 Å². The molecule has 6 nitrogen and oxygen atoms in total. The molecule has 0 fully saturated rings. The Bertz CT molecular complexity index is 2330. The Kier molecular flexibility index (Phi) is 7.21. The highest BCUT2D eigenvalue weighted by Crippen LogP contribution is 2.33. The number of rotatable bonds is 6. The molecule has 0 bridgehead atoms. The first-order valence-electron chi connectivity index (χ1n) is 15.4. The number of hydrogen-bond donors (Lipinski definition) is 2. The van der Waals surface area contributed by atoms with Gasteiger partial charge in [0, 0.05) is 22.3 Å². The molecule has 222 valence electrons. The summed E-state index contributed by atoms with van der Waals surface area (Å²) in [5.41, 5.74) is 11.7. The summed E-state index contributed by atoms with van der Waals surface area (Å²) < 4.78 is 0. The normalized spacial score (nSPS) is 13.1. The standard InChI is InChI=1S/C41H28N6/c42-36-24-23-29-21-19-28-20-22-33(26-35(28)37(29)38(36)47-46-34-17-8-3-9-18-34)41-44-39(30-13-6-2-7-14-30)43-40(45-41)32-16-10-15-31(25-32)27-11-4-1-5-12-27/h1-26,42,46H/b42-36?,47-38+. The molecule has 0 aliphatic heterocycles. The van der Waals surface area contributed by atoms with E-state index in [2.05, 4.69) is 54.0 Å². The fourth-order valence-corrected chi connectivity index (χ4v) is 5.83. The number of hydrogen-bond acceptors (Lipinski definition) is 6. The fraction of sp³-hybridized carbons (Fsp3) is 0. The first-order chi connectivity index (χ1) is 23.2. The first-order valence-corrected chi connectivity index (χ1v) is 15.4. The zero-order chi connectivity index (χ0) is 31.6. The van der Waals surface area contributed by atoms with E-state index in [0.717, 1.165) is 55.4 Å². The van der Waals surface area contributed by atoms with Crippen LogP contribution >= 0.6 is 0 Å². The molecule has 6 heteroatoms. The SMILES string of the molecule is N=C1C=Cc2ccc3ccc(-c4nc(-c5ccccc5)nc(-c5cccc(-c6ccccc6)c5)n4)cc3c2/C1=N/Nc1ccccc1. The molecule has 1 aromatic heterocycles. The topological polar surface area (TPSA) is 86.9 Å². The molecular weight excluding hydrogens is 576 g/mol. The van der Waals surface area contributed by atoms with Crippen molar-refractivity contribution >= 4 is 34.0 Å². The Hall–Kier alpha value is -6.53. The second-order valence-corrected chi connectivity index (χ2v) is 11.3. The van der Waals surface area contributed by atoms with E-state index in [9.17, 15) is 0 Å². The fourth-order valence-electron chi connectivity index (χ4n) is 5.83. The molecule has 0 spiro atoms. The maximum atomic E-state index is 8.77. The Morgan fingerprint density at radius 3 is 1.79 bits per heavy atom. The maximum absolute atomic E-state index is 8.77. The third kappa shape index (κ3) is 5.60. The molecule has 8 rings (SSSR count). The number of anilines is 1. The van der Waals surface area contributed by atoms with Gasteiger partial charge in [0.25, 0.3) is 0 Å². The lowest BCUT2D eigenvalue weighted by atomic mass is 9.88. The molecule has 2 N–H and O–H groups in total. The van der Waals surface area contributed by atoms with Gasteiger partial charge in [0.15, 0.2) is 17.5 Å². The van der Waals surface area contributed by atoms with Crippen LogP contribution in [0, 0.1) is 5.41 Å². The molecule has 1 heterocycles. The zero-order valence-electron chi connectivity index (χ0n) is 25.3. The van der Waals surface area contributed by atoms with Crippen LogP contribution in [-0.4, -0.2) is 26.4 Å². The quantitative estimate of drug-likeness (QED) is 0.185. The average molecular weight is 605 g/mol. The van der Waals surface area contributed by atoms with Gasteiger partial charge in [0.05, 0.1) is 11.4 Å². The number of benzene rings is 6. The van der Waals surface area contributed by atoms with Crippen molar-refractivity contribution < 1.29 is 0 Å². The molecule has 47 heavy (non-hydrogen) atoms. The monoisotopic (exact) mass is 604 g/mol. The van der Waals surface area contributed by atoms with E-state index >= 15 is 0 Å². The molecule has 0 radical (unpaired) electrons. The van der Waals surface area contributed by atoms with E-state index in [1.165, 1.54) is 0 Å². The summed E-state index contributed by atoms with van der Waals surface area (Å²) in [7, 11) is 0. The zero-order valence-corrected chi connectivity index (χ0v) is 25.3. The van der Waals surface area contributed by atoms with Gasteiger partial charge in [-0.05, 0) is 57.8 Å². The van der Waals surface area contributed by atoms with E-state index < -0.39 is 0 Å². The van der Waals surface area contributed by atoms with Gasteiger partial charge in [-0.2, -0.15) is 5.10 Å². The van der Waals surface area contributed by atoms with Crippen molar-refractivity contribution in [1.82, 2.24) is 15.0 Å². The summed E-state index contributed by atoms with van der Waals surface area (Å²) in [6.07, 6.45) is 3.76. The maximum Gasteiger partial charge on any atom is 0.164 e. The van der Waals surface area contributed by atoms with Gasteiger partial charge in [-0.25, -0.2) is 15.0 Å². The molecule has 0 saturated carbocycles. The molecule has 1 aliphatic carbocycles. The van der Waals surface area contributed by atoms with Crippen molar-refractivity contribution in [1.29, 1.82) is 5.41 Å². The number of nitrogens with one attached hydrogen (secondary N) is 2. The molecule has 1 aliphatic rings. The predicted molar refractivity (Wildman–Crippen MR) is 192 cm³/mol. The third-order valence-electron chi connectivity index (χ3n) is 8.20.